The number of anilines is 3. The third-order valence-electron chi connectivity index (χ3n) is 6.67. The fraction of sp³-hybridized carbons (Fsp3) is 0.462. The zero-order chi connectivity index (χ0) is 28.1. The number of halogens is 3. The number of aryl methyl sites for hydroxylation is 1. The molecule has 1 saturated heterocycles. The average Bonchev–Trinajstić information content (AvgIpc) is 3.44. The van der Waals surface area contributed by atoms with Crippen LogP contribution in [0, 0.1) is 0 Å². The van der Waals surface area contributed by atoms with E-state index in [1.54, 1.807) is 24.3 Å². The number of benzene rings is 1. The smallest absolute Gasteiger partial charge is 0.418 e. The highest BCUT2D eigenvalue weighted by atomic mass is 19.4. The number of urea groups is 1. The van der Waals surface area contributed by atoms with Gasteiger partial charge in [-0.2, -0.15) is 18.3 Å². The molecular weight excluding hydrogens is 515 g/mol. The number of piperazine rings is 1. The van der Waals surface area contributed by atoms with Crippen molar-refractivity contribution in [1.29, 1.82) is 0 Å². The Balaban J connectivity index is 1.33. The molecule has 5 rings (SSSR count). The third kappa shape index (κ3) is 5.43. The molecule has 0 bridgehead atoms. The Morgan fingerprint density at radius 1 is 1.05 bits per heavy atom. The molecule has 1 aromatic carbocycles. The van der Waals surface area contributed by atoms with Crippen molar-refractivity contribution in [1.82, 2.24) is 19.7 Å². The minimum atomic E-state index is -4.68. The standard InChI is InChI=1S/C26H30F3N7O3/c1-25(2,3)39-24(38)35-11-9-34(10-12-35)21-5-7-30-22-17(21)6-8-36(22)23(37)31-20-13-16-15-33(4)32-19(16)14-18(20)26(27,28)29/h5,7,13-15H,6,8-12H2,1-4H3,(H,31,37). The van der Waals surface area contributed by atoms with Gasteiger partial charge in [-0.05, 0) is 45.4 Å². The quantitative estimate of drug-likeness (QED) is 0.504. The normalized spacial score (nSPS) is 16.0. The van der Waals surface area contributed by atoms with E-state index in [0.29, 0.717) is 43.8 Å². The zero-order valence-electron chi connectivity index (χ0n) is 22.2. The molecule has 39 heavy (non-hydrogen) atoms. The third-order valence-corrected chi connectivity index (χ3v) is 6.67. The number of alkyl halides is 3. The van der Waals surface area contributed by atoms with Crippen LogP contribution in [0.15, 0.2) is 30.6 Å². The topological polar surface area (TPSA) is 95.8 Å². The highest BCUT2D eigenvalue weighted by molar-refractivity contribution is 6.04. The second-order valence-corrected chi connectivity index (χ2v) is 10.7. The van der Waals surface area contributed by atoms with Gasteiger partial charge in [0, 0.05) is 68.8 Å². The number of pyridine rings is 1. The van der Waals surface area contributed by atoms with Crippen LogP contribution in [0.25, 0.3) is 10.9 Å². The molecule has 0 unspecified atom stereocenters. The van der Waals surface area contributed by atoms with Gasteiger partial charge in [-0.1, -0.05) is 0 Å². The first-order chi connectivity index (χ1) is 18.3. The maximum Gasteiger partial charge on any atom is 0.418 e. The van der Waals surface area contributed by atoms with Crippen molar-refractivity contribution < 1.29 is 27.5 Å². The Kier molecular flexibility index (Phi) is 6.55. The van der Waals surface area contributed by atoms with Crippen molar-refractivity contribution in [2.24, 2.45) is 7.05 Å². The maximum atomic E-state index is 13.8. The monoisotopic (exact) mass is 545 g/mol. The van der Waals surface area contributed by atoms with Gasteiger partial charge in [0.15, 0.2) is 0 Å². The lowest BCUT2D eigenvalue weighted by Crippen LogP contribution is -2.50. The molecule has 10 nitrogen and oxygen atoms in total. The van der Waals surface area contributed by atoms with Crippen LogP contribution in [0.1, 0.15) is 31.9 Å². The van der Waals surface area contributed by atoms with Gasteiger partial charge in [0.2, 0.25) is 0 Å². The van der Waals surface area contributed by atoms with E-state index in [0.717, 1.165) is 17.3 Å². The molecule has 2 aromatic heterocycles. The molecule has 2 aliphatic heterocycles. The van der Waals surface area contributed by atoms with Crippen LogP contribution < -0.4 is 15.1 Å². The van der Waals surface area contributed by atoms with Gasteiger partial charge < -0.3 is 19.9 Å². The molecule has 0 spiro atoms. The average molecular weight is 546 g/mol. The number of aromatic nitrogens is 3. The maximum absolute atomic E-state index is 13.8. The second-order valence-electron chi connectivity index (χ2n) is 10.7. The number of nitrogens with zero attached hydrogens (tertiary/aromatic N) is 6. The lowest BCUT2D eigenvalue weighted by Gasteiger charge is -2.37. The Bertz CT molecular complexity index is 1420. The SMILES string of the molecule is Cn1cc2cc(NC(=O)N3CCc4c(N5CCN(C(=O)OC(C)(C)C)CC5)ccnc43)c(C(F)(F)F)cc2n1. The molecule has 4 heterocycles. The van der Waals surface area contributed by atoms with Crippen LogP contribution in [0.2, 0.25) is 0 Å². The molecule has 1 fully saturated rings. The van der Waals surface area contributed by atoms with E-state index >= 15 is 0 Å². The minimum absolute atomic E-state index is 0.187. The lowest BCUT2D eigenvalue weighted by molar-refractivity contribution is -0.136. The van der Waals surface area contributed by atoms with Crippen molar-refractivity contribution in [2.45, 2.75) is 39.0 Å². The summed E-state index contributed by atoms with van der Waals surface area (Å²) in [5, 5.41) is 6.98. The molecule has 3 amide bonds. The minimum Gasteiger partial charge on any atom is -0.444 e. The van der Waals surface area contributed by atoms with Crippen LogP contribution in [-0.2, 0) is 24.4 Å². The first kappa shape index (κ1) is 26.6. The van der Waals surface area contributed by atoms with Gasteiger partial charge in [-0.3, -0.25) is 9.58 Å². The molecule has 0 aliphatic carbocycles. The van der Waals surface area contributed by atoms with Gasteiger partial charge in [0.25, 0.3) is 0 Å². The fourth-order valence-electron chi connectivity index (χ4n) is 4.94. The number of fused-ring (bicyclic) bond motifs is 2. The Hall–Kier alpha value is -4.03. The molecule has 0 atom stereocenters. The summed E-state index contributed by atoms with van der Waals surface area (Å²) in [5.74, 6) is 0.413. The van der Waals surface area contributed by atoms with Crippen molar-refractivity contribution in [3.63, 3.8) is 0 Å². The number of hydrogen-bond donors (Lipinski definition) is 1. The van der Waals surface area contributed by atoms with Crippen molar-refractivity contribution in [2.75, 3.05) is 47.8 Å². The summed E-state index contributed by atoms with van der Waals surface area (Å²) in [6, 6.07) is 3.40. The first-order valence-electron chi connectivity index (χ1n) is 12.6. The Morgan fingerprint density at radius 3 is 2.44 bits per heavy atom. The number of nitrogens with one attached hydrogen (secondary N) is 1. The first-order valence-corrected chi connectivity index (χ1v) is 12.6. The molecule has 2 aliphatic rings. The van der Waals surface area contributed by atoms with E-state index in [9.17, 15) is 22.8 Å². The predicted molar refractivity (Wildman–Crippen MR) is 140 cm³/mol. The molecular formula is C26H30F3N7O3. The summed E-state index contributed by atoms with van der Waals surface area (Å²) in [4.78, 5) is 35.2. The van der Waals surface area contributed by atoms with Gasteiger partial charge >= 0.3 is 18.3 Å². The highest BCUT2D eigenvalue weighted by Gasteiger charge is 2.37. The summed E-state index contributed by atoms with van der Waals surface area (Å²) >= 11 is 0. The molecule has 3 aromatic rings. The lowest BCUT2D eigenvalue weighted by atomic mass is 10.1. The van der Waals surface area contributed by atoms with Gasteiger partial charge in [0.05, 0.1) is 16.8 Å². The van der Waals surface area contributed by atoms with Crippen LogP contribution in [0.3, 0.4) is 0 Å². The molecule has 0 saturated carbocycles. The summed E-state index contributed by atoms with van der Waals surface area (Å²) in [6.45, 7) is 7.85. The Labute approximate surface area is 223 Å². The fourth-order valence-corrected chi connectivity index (χ4v) is 4.94. The number of amides is 3. The van der Waals surface area contributed by atoms with Crippen LogP contribution in [0.4, 0.5) is 40.0 Å². The summed E-state index contributed by atoms with van der Waals surface area (Å²) in [6.07, 6.45) is -1.35. The van der Waals surface area contributed by atoms with Crippen LogP contribution in [-0.4, -0.2) is 70.1 Å². The van der Waals surface area contributed by atoms with E-state index in [1.165, 1.54) is 15.6 Å². The highest BCUT2D eigenvalue weighted by Crippen LogP contribution is 2.39. The van der Waals surface area contributed by atoms with E-state index in [4.69, 9.17) is 4.74 Å². The van der Waals surface area contributed by atoms with Gasteiger partial charge in [0.1, 0.15) is 11.4 Å². The number of hydrogen-bond acceptors (Lipinski definition) is 6. The zero-order valence-corrected chi connectivity index (χ0v) is 22.2. The number of ether oxygens (including phenoxy) is 1. The number of carbonyl (C=O) groups is 2. The summed E-state index contributed by atoms with van der Waals surface area (Å²) in [7, 11) is 1.62. The molecule has 1 N–H and O–H groups in total. The van der Waals surface area contributed by atoms with Crippen LogP contribution >= 0.6 is 0 Å². The van der Waals surface area contributed by atoms with E-state index < -0.39 is 23.4 Å². The largest absolute Gasteiger partial charge is 0.444 e. The van der Waals surface area contributed by atoms with Crippen molar-refractivity contribution >= 4 is 40.2 Å². The van der Waals surface area contributed by atoms with E-state index in [2.05, 4.69) is 20.3 Å². The Morgan fingerprint density at radius 2 is 1.77 bits per heavy atom. The van der Waals surface area contributed by atoms with Crippen molar-refractivity contribution in [3.05, 3.63) is 41.7 Å². The predicted octanol–water partition coefficient (Wildman–Crippen LogP) is 4.64. The number of carbonyl (C=O) groups excluding carboxylic acids is 2. The summed E-state index contributed by atoms with van der Waals surface area (Å²) in [5.41, 5.74) is 0.0488. The second kappa shape index (κ2) is 9.62. The number of rotatable bonds is 2. The van der Waals surface area contributed by atoms with E-state index in [1.807, 2.05) is 26.8 Å². The van der Waals surface area contributed by atoms with Crippen LogP contribution in [0.5, 0.6) is 0 Å². The van der Waals surface area contributed by atoms with Gasteiger partial charge in [-0.15, -0.1) is 0 Å². The summed E-state index contributed by atoms with van der Waals surface area (Å²) < 4.78 is 48.3. The van der Waals surface area contributed by atoms with E-state index in [-0.39, 0.29) is 23.8 Å². The molecule has 208 valence electrons. The molecule has 0 radical (unpaired) electrons. The van der Waals surface area contributed by atoms with Gasteiger partial charge in [-0.25, -0.2) is 14.6 Å². The van der Waals surface area contributed by atoms with Crippen molar-refractivity contribution in [3.8, 4) is 0 Å². The molecule has 13 heteroatoms.